The van der Waals surface area contributed by atoms with E-state index in [2.05, 4.69) is 107 Å². The van der Waals surface area contributed by atoms with Crippen LogP contribution in [0.15, 0.2) is 148 Å². The van der Waals surface area contributed by atoms with E-state index in [1.807, 2.05) is 92.9 Å². The third kappa shape index (κ3) is 23.2. The fourth-order valence-electron chi connectivity index (χ4n) is 6.97. The summed E-state index contributed by atoms with van der Waals surface area (Å²) in [5, 5.41) is 7.06. The Balaban J connectivity index is 0.00000142. The molecule has 2 amide bonds. The standard InChI is InChI=1S/C45H52ClN5O2.C5H10.2C3H8.C3H6/c1-5-9-11-14-34(7-3)36-15-12-16-37(29-36)44(52)48-39-21-25-50(26-22-39)32-33-17-20-43(47-31-33)51-27-23-40(24-28-51)49-45(53)38-18-19-42(46)41(30-38)35(8-4)13-10-6-2;1-3-5-4-2;3*1-3-2/h6-20,29-31,39-40H,3-5,21-28,32H2,1-2H3,(H,48,52)(H,49,53);3H,1,4-5H2,2H3;2*3H2,1-2H3;3H,1H2,2H3/b10-6-,11-9-,34-14+,35-13+;;;;. The molecule has 0 aliphatic carbocycles. The van der Waals surface area contributed by atoms with Gasteiger partial charge in [-0.05, 0) is 111 Å². The summed E-state index contributed by atoms with van der Waals surface area (Å²) in [7, 11) is 0. The van der Waals surface area contributed by atoms with Crippen LogP contribution >= 0.6 is 11.6 Å². The molecule has 5 rings (SSSR count). The molecule has 0 bridgehead atoms. The van der Waals surface area contributed by atoms with Gasteiger partial charge in [-0.15, -0.1) is 13.2 Å². The van der Waals surface area contributed by atoms with Crippen LogP contribution in [0, 0.1) is 0 Å². The quantitative estimate of drug-likeness (QED) is 0.111. The van der Waals surface area contributed by atoms with E-state index in [-0.39, 0.29) is 23.9 Å². The lowest BCUT2D eigenvalue weighted by Gasteiger charge is -2.34. The van der Waals surface area contributed by atoms with Crippen molar-refractivity contribution in [2.45, 2.75) is 132 Å². The van der Waals surface area contributed by atoms with Crippen LogP contribution in [0.4, 0.5) is 5.82 Å². The van der Waals surface area contributed by atoms with Gasteiger partial charge in [0.1, 0.15) is 5.82 Å². The summed E-state index contributed by atoms with van der Waals surface area (Å²) in [6.07, 6.45) is 30.5. The second-order valence-electron chi connectivity index (χ2n) is 16.5. The minimum Gasteiger partial charge on any atom is -0.356 e. The average Bonchev–Trinajstić information content (AvgIpc) is 3.33. The van der Waals surface area contributed by atoms with Crippen molar-refractivity contribution in [2.75, 3.05) is 31.1 Å². The molecule has 2 saturated heterocycles. The minimum atomic E-state index is -0.0963. The third-order valence-corrected chi connectivity index (χ3v) is 10.7. The summed E-state index contributed by atoms with van der Waals surface area (Å²) in [6.45, 7) is 35.6. The van der Waals surface area contributed by atoms with Gasteiger partial charge < -0.3 is 15.5 Å². The van der Waals surface area contributed by atoms with Gasteiger partial charge in [-0.3, -0.25) is 14.5 Å². The molecule has 0 atom stereocenters. The van der Waals surface area contributed by atoms with E-state index >= 15 is 0 Å². The number of piperidine rings is 2. The highest BCUT2D eigenvalue weighted by atomic mass is 35.5. The highest BCUT2D eigenvalue weighted by Crippen LogP contribution is 2.27. The number of benzene rings is 2. The van der Waals surface area contributed by atoms with Crippen LogP contribution in [0.2, 0.25) is 5.02 Å². The van der Waals surface area contributed by atoms with E-state index in [9.17, 15) is 9.59 Å². The molecule has 2 aliphatic heterocycles. The number of allylic oxidation sites excluding steroid dienone is 12. The maximum absolute atomic E-state index is 13.2. The lowest BCUT2D eigenvalue weighted by atomic mass is 10.0. The molecule has 3 heterocycles. The molecule has 2 aromatic carbocycles. The van der Waals surface area contributed by atoms with Crippen molar-refractivity contribution in [3.63, 3.8) is 0 Å². The predicted octanol–water partition coefficient (Wildman–Crippen LogP) is 15.2. The number of hydrogen-bond acceptors (Lipinski definition) is 5. The van der Waals surface area contributed by atoms with Crippen LogP contribution < -0.4 is 15.5 Å². The topological polar surface area (TPSA) is 77.6 Å². The maximum atomic E-state index is 13.2. The molecule has 364 valence electrons. The monoisotopic (exact) mass is 930 g/mol. The second-order valence-corrected chi connectivity index (χ2v) is 16.9. The Kier molecular flexibility index (Phi) is 32.5. The number of rotatable bonds is 16. The van der Waals surface area contributed by atoms with Gasteiger partial charge in [0.2, 0.25) is 0 Å². The van der Waals surface area contributed by atoms with Crippen molar-refractivity contribution in [1.82, 2.24) is 20.5 Å². The fourth-order valence-corrected chi connectivity index (χ4v) is 7.20. The van der Waals surface area contributed by atoms with Crippen LogP contribution in [0.3, 0.4) is 0 Å². The van der Waals surface area contributed by atoms with Gasteiger partial charge in [0.25, 0.3) is 11.8 Å². The molecular weight excluding hydrogens is 846 g/mol. The van der Waals surface area contributed by atoms with Crippen LogP contribution in [0.5, 0.6) is 0 Å². The molecule has 1 aromatic heterocycles. The smallest absolute Gasteiger partial charge is 0.251 e. The van der Waals surface area contributed by atoms with Crippen LogP contribution in [-0.4, -0.2) is 60.0 Å². The Morgan fingerprint density at radius 2 is 1.28 bits per heavy atom. The van der Waals surface area contributed by atoms with Crippen molar-refractivity contribution in [3.05, 3.63) is 181 Å². The normalized spacial score (nSPS) is 14.4. The van der Waals surface area contributed by atoms with Gasteiger partial charge in [-0.2, -0.15) is 0 Å². The molecule has 2 fully saturated rings. The number of carbonyl (C=O) groups is 2. The molecule has 2 aliphatic rings. The predicted molar refractivity (Wildman–Crippen MR) is 294 cm³/mol. The number of halogens is 1. The zero-order chi connectivity index (χ0) is 49.8. The lowest BCUT2D eigenvalue weighted by Crippen LogP contribution is -2.45. The van der Waals surface area contributed by atoms with E-state index in [0.29, 0.717) is 16.1 Å². The third-order valence-electron chi connectivity index (χ3n) is 10.3. The van der Waals surface area contributed by atoms with E-state index in [4.69, 9.17) is 16.6 Å². The molecule has 0 saturated carbocycles. The van der Waals surface area contributed by atoms with Crippen molar-refractivity contribution in [3.8, 4) is 0 Å². The Hall–Kier alpha value is -5.50. The maximum Gasteiger partial charge on any atom is 0.251 e. The molecule has 7 nitrogen and oxygen atoms in total. The van der Waals surface area contributed by atoms with Gasteiger partial charge in [0.05, 0.1) is 0 Å². The number of anilines is 1. The Morgan fingerprint density at radius 3 is 1.78 bits per heavy atom. The number of pyridine rings is 1. The Labute approximate surface area is 412 Å². The molecular formula is C59H84ClN5O2. The molecule has 0 unspecified atom stereocenters. The number of amides is 2. The molecule has 8 heteroatoms. The summed E-state index contributed by atoms with van der Waals surface area (Å²) in [6, 6.07) is 17.6. The van der Waals surface area contributed by atoms with E-state index in [1.165, 1.54) is 24.8 Å². The first kappa shape index (κ1) is 59.5. The minimum absolute atomic E-state index is 0.0321. The van der Waals surface area contributed by atoms with E-state index < -0.39 is 0 Å². The number of unbranched alkanes of at least 4 members (excludes halogenated alkanes) is 1. The van der Waals surface area contributed by atoms with Crippen molar-refractivity contribution >= 4 is 40.4 Å². The molecule has 0 radical (unpaired) electrons. The van der Waals surface area contributed by atoms with Crippen molar-refractivity contribution in [2.24, 2.45) is 0 Å². The first-order valence-electron chi connectivity index (χ1n) is 24.5. The van der Waals surface area contributed by atoms with Crippen molar-refractivity contribution < 1.29 is 9.59 Å². The van der Waals surface area contributed by atoms with Gasteiger partial charge in [-0.1, -0.05) is 165 Å². The number of carbonyl (C=O) groups excluding carboxylic acids is 2. The molecule has 2 N–H and O–H groups in total. The zero-order valence-corrected chi connectivity index (χ0v) is 43.2. The number of nitrogens with zero attached hydrogens (tertiary/aromatic N) is 3. The van der Waals surface area contributed by atoms with E-state index in [0.717, 1.165) is 99.3 Å². The summed E-state index contributed by atoms with van der Waals surface area (Å²) in [4.78, 5) is 35.9. The second kappa shape index (κ2) is 36.6. The summed E-state index contributed by atoms with van der Waals surface area (Å²) in [5.74, 6) is 0.834. The first-order valence-corrected chi connectivity index (χ1v) is 24.9. The summed E-state index contributed by atoms with van der Waals surface area (Å²) < 4.78 is 0. The highest BCUT2D eigenvalue weighted by Gasteiger charge is 2.24. The summed E-state index contributed by atoms with van der Waals surface area (Å²) >= 11 is 6.47. The van der Waals surface area contributed by atoms with Crippen LogP contribution in [-0.2, 0) is 6.54 Å². The van der Waals surface area contributed by atoms with Crippen LogP contribution in [0.1, 0.15) is 151 Å². The highest BCUT2D eigenvalue weighted by molar-refractivity contribution is 6.32. The lowest BCUT2D eigenvalue weighted by molar-refractivity contribution is 0.0906. The van der Waals surface area contributed by atoms with Crippen LogP contribution in [0.25, 0.3) is 11.1 Å². The number of hydrogen-bond donors (Lipinski definition) is 2. The number of likely N-dealkylation sites (tertiary alicyclic amines) is 1. The average molecular weight is 931 g/mol. The molecule has 3 aromatic rings. The zero-order valence-electron chi connectivity index (χ0n) is 42.5. The van der Waals surface area contributed by atoms with Gasteiger partial charge in [0.15, 0.2) is 0 Å². The van der Waals surface area contributed by atoms with Crippen molar-refractivity contribution in [1.29, 1.82) is 0 Å². The number of nitrogens with one attached hydrogen (secondary N) is 2. The Morgan fingerprint density at radius 1 is 0.731 bits per heavy atom. The first-order chi connectivity index (χ1) is 32.5. The van der Waals surface area contributed by atoms with Gasteiger partial charge in [0, 0.05) is 72.7 Å². The largest absolute Gasteiger partial charge is 0.356 e. The SMILES string of the molecule is C=C/C(=C\C=C/CC)c1cccc(C(=O)NC2CCN(Cc3ccc(N4CCC(NC(=O)c5ccc(Cl)c(/C(C=C)=C/C=C\C)c5)CC4)nc3)CC2)c1.C=CC.C=CCCC.CCC.CCC. The van der Waals surface area contributed by atoms with Gasteiger partial charge >= 0.3 is 0 Å². The van der Waals surface area contributed by atoms with Gasteiger partial charge in [-0.25, -0.2) is 4.98 Å². The summed E-state index contributed by atoms with van der Waals surface area (Å²) in [5.41, 5.74) is 6.06. The Bertz CT molecular complexity index is 2030. The molecule has 67 heavy (non-hydrogen) atoms. The van der Waals surface area contributed by atoms with E-state index in [1.54, 1.807) is 24.3 Å². The number of aromatic nitrogens is 1. The molecule has 0 spiro atoms. The fraction of sp³-hybridized carbons (Fsp3) is 0.407.